The number of amidine groups is 1. The number of nitrogens with zero attached hydrogens (tertiary/aromatic N) is 8. The summed E-state index contributed by atoms with van der Waals surface area (Å²) in [5.41, 5.74) is 0.557. The van der Waals surface area contributed by atoms with Crippen molar-refractivity contribution in [3.63, 3.8) is 0 Å². The van der Waals surface area contributed by atoms with Crippen LogP contribution in [0.2, 0.25) is 0 Å². The minimum Gasteiger partial charge on any atom is -1.00 e. The number of aryl methyl sites for hydroxylation is 2. The van der Waals surface area contributed by atoms with E-state index in [9.17, 15) is 0 Å². The van der Waals surface area contributed by atoms with Crippen LogP contribution in [0, 0.1) is 0 Å². The highest BCUT2D eigenvalue weighted by molar-refractivity contribution is 5.79. The molecule has 25 heavy (non-hydrogen) atoms. The first-order chi connectivity index (χ1) is 11.5. The average molecular weight is 367 g/mol. The van der Waals surface area contributed by atoms with Gasteiger partial charge in [-0.05, 0) is 16.3 Å². The van der Waals surface area contributed by atoms with E-state index >= 15 is 0 Å². The van der Waals surface area contributed by atoms with Gasteiger partial charge in [-0.25, -0.2) is 4.68 Å². The second kappa shape index (κ2) is 9.42. The smallest absolute Gasteiger partial charge is 0.370 e. The van der Waals surface area contributed by atoms with E-state index in [4.69, 9.17) is 9.47 Å². The normalized spacial score (nSPS) is 12.2. The Morgan fingerprint density at radius 3 is 2.40 bits per heavy atom. The first-order valence-corrected chi connectivity index (χ1v) is 7.03. The number of halogens is 1. The van der Waals surface area contributed by atoms with Crippen LogP contribution in [0.4, 0.5) is 5.82 Å². The van der Waals surface area contributed by atoms with Gasteiger partial charge in [-0.3, -0.25) is 0 Å². The molecule has 0 radical (unpaired) electrons. The summed E-state index contributed by atoms with van der Waals surface area (Å²) in [5, 5.41) is 24.5. The van der Waals surface area contributed by atoms with Crippen LogP contribution < -0.4 is 32.1 Å². The second-order valence-electron chi connectivity index (χ2n) is 4.66. The molecular weight excluding hydrogens is 348 g/mol. The van der Waals surface area contributed by atoms with Crippen molar-refractivity contribution in [3.05, 3.63) is 29.8 Å². The number of rotatable bonds is 4. The maximum absolute atomic E-state index is 5.03. The van der Waals surface area contributed by atoms with Crippen LogP contribution in [0.3, 0.4) is 0 Å². The zero-order valence-corrected chi connectivity index (χ0v) is 15.3. The van der Waals surface area contributed by atoms with E-state index in [0.29, 0.717) is 28.9 Å². The summed E-state index contributed by atoms with van der Waals surface area (Å²) in [5.74, 6) is 1.94. The van der Waals surface area contributed by atoms with Crippen LogP contribution in [0.25, 0.3) is 0 Å². The van der Waals surface area contributed by atoms with Crippen LogP contribution in [-0.4, -0.2) is 34.9 Å². The fourth-order valence-corrected chi connectivity index (χ4v) is 1.65. The molecule has 0 amide bonds. The Labute approximate surface area is 151 Å². The minimum atomic E-state index is 0. The molecule has 2 heterocycles. The number of hydrogen-bond acceptors (Lipinski definition) is 7. The van der Waals surface area contributed by atoms with Crippen molar-refractivity contribution >= 4 is 11.7 Å². The molecule has 0 atom stereocenters. The minimum absolute atomic E-state index is 0. The van der Waals surface area contributed by atoms with E-state index < -0.39 is 0 Å². The van der Waals surface area contributed by atoms with Crippen LogP contribution in [0.1, 0.15) is 6.92 Å². The number of hydrogen-bond donors (Lipinski definition) is 0. The summed E-state index contributed by atoms with van der Waals surface area (Å²) < 4.78 is 13.2. The molecule has 0 aromatic carbocycles. The zero-order chi connectivity index (χ0) is 17.5. The summed E-state index contributed by atoms with van der Waals surface area (Å²) in [6.45, 7) is 1.70. The molecule has 0 saturated carbocycles. The number of ether oxygens (including phenoxy) is 2. The third-order valence-corrected chi connectivity index (χ3v) is 2.92. The Bertz CT molecular complexity index is 847. The SMILES string of the molecule is COc1cc/c(=N/N=C(\C)N=Nc2ccc(OC)n[n+]2C)n(C)n1.[Cl-]. The number of methoxy groups -OCH3 is 2. The monoisotopic (exact) mass is 366 g/mol. The van der Waals surface area contributed by atoms with Gasteiger partial charge in [-0.15, -0.1) is 20.0 Å². The van der Waals surface area contributed by atoms with Crippen molar-refractivity contribution in [2.24, 2.45) is 34.5 Å². The molecule has 2 rings (SSSR count). The van der Waals surface area contributed by atoms with E-state index in [1.165, 1.54) is 0 Å². The standard InChI is InChI=1S/C14H19N8O2.ClH/c1-10(15-17-11-6-8-13(23-4)19-21(11)2)16-18-12-7-9-14(24-5)20-22(12)3;/h6-9H,1-5H3;1H/q+1;/p-1. The zero-order valence-electron chi connectivity index (χ0n) is 14.6. The molecule has 11 heteroatoms. The third kappa shape index (κ3) is 5.60. The Hall–Kier alpha value is -2.88. The molecule has 0 aliphatic heterocycles. The van der Waals surface area contributed by atoms with E-state index in [1.807, 2.05) is 0 Å². The molecule has 0 spiro atoms. The van der Waals surface area contributed by atoms with Gasteiger partial charge in [0.25, 0.3) is 5.88 Å². The molecule has 0 N–H and O–H groups in total. The van der Waals surface area contributed by atoms with Crippen molar-refractivity contribution in [1.82, 2.24) is 14.9 Å². The highest BCUT2D eigenvalue weighted by Crippen LogP contribution is 2.08. The van der Waals surface area contributed by atoms with Gasteiger partial charge in [0.05, 0.1) is 19.3 Å². The Morgan fingerprint density at radius 2 is 1.80 bits per heavy atom. The lowest BCUT2D eigenvalue weighted by Crippen LogP contribution is -3.00. The Morgan fingerprint density at radius 1 is 1.12 bits per heavy atom. The van der Waals surface area contributed by atoms with Crippen molar-refractivity contribution in [2.45, 2.75) is 6.92 Å². The van der Waals surface area contributed by atoms with Crippen molar-refractivity contribution in [1.29, 1.82) is 0 Å². The van der Waals surface area contributed by atoms with Gasteiger partial charge in [0, 0.05) is 32.2 Å². The van der Waals surface area contributed by atoms with Gasteiger partial charge in [0.1, 0.15) is 7.05 Å². The number of azo groups is 1. The van der Waals surface area contributed by atoms with E-state index in [1.54, 1.807) is 68.9 Å². The van der Waals surface area contributed by atoms with Gasteiger partial charge in [0.2, 0.25) is 5.88 Å². The summed E-state index contributed by atoms with van der Waals surface area (Å²) in [6, 6.07) is 6.89. The first-order valence-electron chi connectivity index (χ1n) is 7.03. The highest BCUT2D eigenvalue weighted by atomic mass is 35.5. The first kappa shape index (κ1) is 20.2. The lowest BCUT2D eigenvalue weighted by molar-refractivity contribution is -0.718. The highest BCUT2D eigenvalue weighted by Gasteiger charge is 2.09. The van der Waals surface area contributed by atoms with Crippen LogP contribution in [-0.2, 0) is 14.1 Å². The van der Waals surface area contributed by atoms with E-state index in [2.05, 4.69) is 30.6 Å². The average Bonchev–Trinajstić information content (AvgIpc) is 2.59. The van der Waals surface area contributed by atoms with Crippen molar-refractivity contribution in [2.75, 3.05) is 14.2 Å². The predicted molar refractivity (Wildman–Crippen MR) is 84.9 cm³/mol. The van der Waals surface area contributed by atoms with Crippen LogP contribution >= 0.6 is 0 Å². The fraction of sp³-hybridized carbons (Fsp3) is 0.357. The molecule has 0 fully saturated rings. The van der Waals surface area contributed by atoms with Crippen molar-refractivity contribution in [3.8, 4) is 11.8 Å². The van der Waals surface area contributed by atoms with Gasteiger partial charge >= 0.3 is 5.82 Å². The lowest BCUT2D eigenvalue weighted by Gasteiger charge is -2.00. The number of aromatic nitrogens is 4. The van der Waals surface area contributed by atoms with Crippen LogP contribution in [0.5, 0.6) is 11.8 Å². The summed E-state index contributed by atoms with van der Waals surface area (Å²) in [4.78, 5) is 0. The van der Waals surface area contributed by atoms with Crippen LogP contribution in [0.15, 0.2) is 44.7 Å². The molecular formula is C14H19ClN8O2. The van der Waals surface area contributed by atoms with E-state index in [-0.39, 0.29) is 12.4 Å². The fourth-order valence-electron chi connectivity index (χ4n) is 1.65. The Balaban J connectivity index is 0.00000312. The third-order valence-electron chi connectivity index (χ3n) is 2.92. The van der Waals surface area contributed by atoms with Gasteiger partial charge in [-0.1, -0.05) is 0 Å². The largest absolute Gasteiger partial charge is 1.00 e. The molecule has 0 unspecified atom stereocenters. The molecule has 134 valence electrons. The molecule has 10 nitrogen and oxygen atoms in total. The second-order valence-corrected chi connectivity index (χ2v) is 4.66. The van der Waals surface area contributed by atoms with E-state index in [0.717, 1.165) is 0 Å². The molecule has 0 bridgehead atoms. The maximum Gasteiger partial charge on any atom is 0.370 e. The quantitative estimate of drug-likeness (QED) is 0.199. The van der Waals surface area contributed by atoms with Gasteiger partial charge in [0.15, 0.2) is 11.3 Å². The molecule has 0 aliphatic rings. The molecule has 0 aliphatic carbocycles. The molecule has 2 aromatic rings. The molecule has 2 aromatic heterocycles. The topological polar surface area (TPSA) is 102 Å². The Kier molecular flexibility index (Phi) is 7.60. The summed E-state index contributed by atoms with van der Waals surface area (Å²) in [6.07, 6.45) is 0. The van der Waals surface area contributed by atoms with Gasteiger partial charge in [-0.2, -0.15) is 0 Å². The maximum atomic E-state index is 5.03. The summed E-state index contributed by atoms with van der Waals surface area (Å²) >= 11 is 0. The predicted octanol–water partition coefficient (Wildman–Crippen LogP) is -2.32. The lowest BCUT2D eigenvalue weighted by atomic mass is 10.5. The molecule has 0 saturated heterocycles. The van der Waals surface area contributed by atoms with Crippen molar-refractivity contribution < 1.29 is 26.6 Å². The summed E-state index contributed by atoms with van der Waals surface area (Å²) in [7, 11) is 6.60. The van der Waals surface area contributed by atoms with Gasteiger partial charge < -0.3 is 21.9 Å².